The van der Waals surface area contributed by atoms with Gasteiger partial charge in [-0.2, -0.15) is 0 Å². The highest BCUT2D eigenvalue weighted by Crippen LogP contribution is 2.46. The number of nitrogens with zero attached hydrogens (tertiary/aromatic N) is 1. The van der Waals surface area contributed by atoms with Crippen LogP contribution in [0.2, 0.25) is 0 Å². The van der Waals surface area contributed by atoms with Crippen LogP contribution in [-0.4, -0.2) is 47.7 Å². The standard InChI is InChI=1S/C18H14INO6/c1-8-2-3-9(4-10(8)19)14-15-11(5-25-7-13(15)21)20(18(23)24)12-6-26-17(22)16(12)14/h2-4,14H,5-7H2,1H3,(H,23,24). The third-order valence-electron chi connectivity index (χ3n) is 4.79. The first-order chi connectivity index (χ1) is 12.4. The maximum Gasteiger partial charge on any atom is 0.416 e. The van der Waals surface area contributed by atoms with Crippen LogP contribution < -0.4 is 0 Å². The minimum Gasteiger partial charge on any atom is -0.464 e. The van der Waals surface area contributed by atoms with Gasteiger partial charge in [0.2, 0.25) is 0 Å². The Bertz CT molecular complexity index is 932. The molecule has 0 radical (unpaired) electrons. The van der Waals surface area contributed by atoms with Gasteiger partial charge in [-0.3, -0.25) is 4.79 Å². The highest BCUT2D eigenvalue weighted by Gasteiger charge is 2.48. The Kier molecular flexibility index (Phi) is 4.11. The lowest BCUT2D eigenvalue weighted by molar-refractivity contribution is -0.136. The predicted molar refractivity (Wildman–Crippen MR) is 97.3 cm³/mol. The van der Waals surface area contributed by atoms with Gasteiger partial charge >= 0.3 is 12.1 Å². The van der Waals surface area contributed by atoms with E-state index in [9.17, 15) is 19.5 Å². The number of ketones is 1. The number of hydrogen-bond donors (Lipinski definition) is 1. The van der Waals surface area contributed by atoms with Crippen LogP contribution in [0.3, 0.4) is 0 Å². The smallest absolute Gasteiger partial charge is 0.416 e. The molecule has 0 spiro atoms. The van der Waals surface area contributed by atoms with Gasteiger partial charge in [0.25, 0.3) is 0 Å². The number of carbonyl (C=O) groups is 3. The second-order valence-corrected chi connectivity index (χ2v) is 7.43. The van der Waals surface area contributed by atoms with Gasteiger partial charge in [0.1, 0.15) is 13.2 Å². The van der Waals surface area contributed by atoms with Crippen LogP contribution in [0, 0.1) is 10.5 Å². The summed E-state index contributed by atoms with van der Waals surface area (Å²) < 4.78 is 11.4. The van der Waals surface area contributed by atoms with Crippen molar-refractivity contribution in [3.63, 3.8) is 0 Å². The van der Waals surface area contributed by atoms with Crippen LogP contribution in [0.4, 0.5) is 4.79 Å². The Morgan fingerprint density at radius 2 is 1.92 bits per heavy atom. The van der Waals surface area contributed by atoms with Crippen molar-refractivity contribution in [1.29, 1.82) is 0 Å². The summed E-state index contributed by atoms with van der Waals surface area (Å²) in [6.45, 7) is 1.70. The van der Waals surface area contributed by atoms with Gasteiger partial charge in [-0.25, -0.2) is 14.5 Å². The van der Waals surface area contributed by atoms with E-state index in [2.05, 4.69) is 22.6 Å². The summed E-state index contributed by atoms with van der Waals surface area (Å²) in [5.74, 6) is -1.54. The molecule has 3 aliphatic heterocycles. The van der Waals surface area contributed by atoms with Gasteiger partial charge in [0, 0.05) is 15.1 Å². The summed E-state index contributed by atoms with van der Waals surface area (Å²) in [4.78, 5) is 37.9. The summed E-state index contributed by atoms with van der Waals surface area (Å²) in [6.07, 6.45) is -1.27. The van der Waals surface area contributed by atoms with Crippen molar-refractivity contribution in [3.05, 3.63) is 55.4 Å². The van der Waals surface area contributed by atoms with Crippen molar-refractivity contribution in [3.8, 4) is 0 Å². The summed E-state index contributed by atoms with van der Waals surface area (Å²) in [5.41, 5.74) is 2.90. The number of esters is 1. The maximum atomic E-state index is 12.6. The average molecular weight is 467 g/mol. The topological polar surface area (TPSA) is 93.1 Å². The number of ether oxygens (including phenoxy) is 2. The second-order valence-electron chi connectivity index (χ2n) is 6.27. The fourth-order valence-corrected chi connectivity index (χ4v) is 4.15. The number of hydrogen-bond acceptors (Lipinski definition) is 5. The van der Waals surface area contributed by atoms with Crippen molar-refractivity contribution in [2.75, 3.05) is 19.8 Å². The number of cyclic esters (lactones) is 1. The summed E-state index contributed by atoms with van der Waals surface area (Å²) in [5, 5.41) is 9.66. The molecule has 134 valence electrons. The predicted octanol–water partition coefficient (Wildman–Crippen LogP) is 2.34. The molecule has 1 unspecified atom stereocenters. The third-order valence-corrected chi connectivity index (χ3v) is 5.95. The molecule has 3 heterocycles. The van der Waals surface area contributed by atoms with E-state index in [1.165, 1.54) is 0 Å². The number of amides is 1. The lowest BCUT2D eigenvalue weighted by Crippen LogP contribution is -2.42. The molecule has 0 saturated heterocycles. The first kappa shape index (κ1) is 17.2. The number of rotatable bonds is 1. The second kappa shape index (κ2) is 6.20. The van der Waals surface area contributed by atoms with Gasteiger partial charge in [0.05, 0.1) is 23.6 Å². The lowest BCUT2D eigenvalue weighted by atomic mass is 9.78. The molecule has 4 rings (SSSR count). The quantitative estimate of drug-likeness (QED) is 0.504. The van der Waals surface area contributed by atoms with E-state index in [-0.39, 0.29) is 42.6 Å². The van der Waals surface area contributed by atoms with Gasteiger partial charge in [-0.05, 0) is 46.7 Å². The van der Waals surface area contributed by atoms with E-state index in [1.807, 2.05) is 25.1 Å². The van der Waals surface area contributed by atoms with E-state index in [0.29, 0.717) is 5.57 Å². The zero-order chi connectivity index (χ0) is 18.6. The molecule has 26 heavy (non-hydrogen) atoms. The highest BCUT2D eigenvalue weighted by molar-refractivity contribution is 14.1. The minimum atomic E-state index is -1.27. The monoisotopic (exact) mass is 467 g/mol. The van der Waals surface area contributed by atoms with Crippen LogP contribution in [0.15, 0.2) is 40.7 Å². The molecule has 7 nitrogen and oxygen atoms in total. The van der Waals surface area contributed by atoms with E-state index >= 15 is 0 Å². The molecule has 0 bridgehead atoms. The van der Waals surface area contributed by atoms with Crippen molar-refractivity contribution in [2.45, 2.75) is 12.8 Å². The van der Waals surface area contributed by atoms with E-state index in [4.69, 9.17) is 9.47 Å². The number of Topliss-reactive ketones (excluding diaryl/α,β-unsaturated/α-hetero) is 1. The summed E-state index contributed by atoms with van der Waals surface area (Å²) in [6, 6.07) is 5.70. The zero-order valence-corrected chi connectivity index (χ0v) is 15.9. The van der Waals surface area contributed by atoms with Crippen LogP contribution in [0.1, 0.15) is 17.0 Å². The maximum absolute atomic E-state index is 12.6. The molecule has 8 heteroatoms. The molecule has 0 aliphatic carbocycles. The highest BCUT2D eigenvalue weighted by atomic mass is 127. The fraction of sp³-hybridized carbons (Fsp3) is 0.278. The summed E-state index contributed by atoms with van der Waals surface area (Å²) in [7, 11) is 0. The van der Waals surface area contributed by atoms with Crippen molar-refractivity contribution >= 4 is 40.4 Å². The SMILES string of the molecule is Cc1ccc(C2C3=C(COCC3=O)N(C(=O)O)C3=C2C(=O)OC3)cc1I. The number of benzene rings is 1. The Morgan fingerprint density at radius 1 is 1.19 bits per heavy atom. The van der Waals surface area contributed by atoms with Crippen molar-refractivity contribution < 1.29 is 29.0 Å². The molecule has 3 aliphatic rings. The molecular formula is C18H14INO6. The van der Waals surface area contributed by atoms with Crippen LogP contribution >= 0.6 is 22.6 Å². The van der Waals surface area contributed by atoms with Gasteiger partial charge in [0.15, 0.2) is 5.78 Å². The molecular weight excluding hydrogens is 453 g/mol. The summed E-state index contributed by atoms with van der Waals surface area (Å²) >= 11 is 2.20. The van der Waals surface area contributed by atoms with Crippen molar-refractivity contribution in [1.82, 2.24) is 4.90 Å². The Morgan fingerprint density at radius 3 is 2.62 bits per heavy atom. The number of halogens is 1. The number of carbonyl (C=O) groups excluding carboxylic acids is 2. The van der Waals surface area contributed by atoms with Crippen molar-refractivity contribution in [2.24, 2.45) is 0 Å². The normalized spacial score (nSPS) is 22.4. The molecule has 1 N–H and O–H groups in total. The molecule has 1 aromatic carbocycles. The molecule has 0 aromatic heterocycles. The van der Waals surface area contributed by atoms with Crippen LogP contribution in [0.25, 0.3) is 0 Å². The Labute approximate surface area is 162 Å². The van der Waals surface area contributed by atoms with Gasteiger partial charge < -0.3 is 14.6 Å². The Hall–Kier alpha value is -2.20. The zero-order valence-electron chi connectivity index (χ0n) is 13.7. The van der Waals surface area contributed by atoms with Crippen LogP contribution in [0.5, 0.6) is 0 Å². The lowest BCUT2D eigenvalue weighted by Gasteiger charge is -2.36. The van der Waals surface area contributed by atoms with Gasteiger partial charge in [-0.15, -0.1) is 0 Å². The number of carboxylic acid groups (broad SMARTS) is 1. The van der Waals surface area contributed by atoms with Gasteiger partial charge in [-0.1, -0.05) is 12.1 Å². The molecule has 1 atom stereocenters. The Balaban J connectivity index is 1.99. The van der Waals surface area contributed by atoms with E-state index in [1.54, 1.807) is 0 Å². The van der Waals surface area contributed by atoms with Crippen LogP contribution in [-0.2, 0) is 19.1 Å². The molecule has 0 fully saturated rings. The third kappa shape index (κ3) is 2.47. The molecule has 0 saturated carbocycles. The number of aryl methyl sites for hydroxylation is 1. The fourth-order valence-electron chi connectivity index (χ4n) is 3.61. The molecule has 1 aromatic rings. The molecule has 1 amide bonds. The average Bonchev–Trinajstić information content (AvgIpc) is 2.97. The minimum absolute atomic E-state index is 0.00219. The first-order valence-corrected chi connectivity index (χ1v) is 9.01. The largest absolute Gasteiger partial charge is 0.464 e. The van der Waals surface area contributed by atoms with E-state index < -0.39 is 18.0 Å². The first-order valence-electron chi connectivity index (χ1n) is 7.93. The van der Waals surface area contributed by atoms with E-state index in [0.717, 1.165) is 19.6 Å².